The van der Waals surface area contributed by atoms with Crippen LogP contribution in [-0.2, 0) is 10.0 Å². The van der Waals surface area contributed by atoms with Crippen LogP contribution >= 0.6 is 0 Å². The Labute approximate surface area is 108 Å². The molecule has 2 rings (SSSR count). The molecule has 5 nitrogen and oxygen atoms in total. The first-order chi connectivity index (χ1) is 8.50. The maximum Gasteiger partial charge on any atom is 0.244 e. The van der Waals surface area contributed by atoms with Gasteiger partial charge in [-0.25, -0.2) is 13.1 Å². The molecule has 1 aliphatic carbocycles. The van der Waals surface area contributed by atoms with Gasteiger partial charge in [0.15, 0.2) is 0 Å². The van der Waals surface area contributed by atoms with Crippen LogP contribution in [0.5, 0.6) is 0 Å². The Kier molecular flexibility index (Phi) is 4.07. The number of aromatic amines is 1. The number of rotatable bonds is 4. The molecular weight excluding hydrogens is 250 g/mol. The van der Waals surface area contributed by atoms with E-state index in [4.69, 9.17) is 0 Å². The van der Waals surface area contributed by atoms with Crippen molar-refractivity contribution in [1.29, 1.82) is 0 Å². The first-order valence-corrected chi connectivity index (χ1v) is 8.00. The zero-order valence-electron chi connectivity index (χ0n) is 11.0. The number of H-pyrrole nitrogens is 1. The lowest BCUT2D eigenvalue weighted by atomic mass is 9.90. The van der Waals surface area contributed by atoms with E-state index < -0.39 is 10.0 Å². The van der Waals surface area contributed by atoms with Gasteiger partial charge in [0.2, 0.25) is 10.0 Å². The molecule has 0 atom stereocenters. The molecule has 0 saturated heterocycles. The standard InChI is InChI=1S/C12H21N3O2S/c1-9-12(10(2)15-14-9)18(16,17)13-8-11-6-4-3-5-7-11/h11,13H,3-8H2,1-2H3,(H,14,15). The first-order valence-electron chi connectivity index (χ1n) is 6.52. The van der Waals surface area contributed by atoms with Crippen molar-refractivity contribution in [2.45, 2.75) is 50.8 Å². The Morgan fingerprint density at radius 2 is 1.94 bits per heavy atom. The van der Waals surface area contributed by atoms with E-state index in [2.05, 4.69) is 14.9 Å². The van der Waals surface area contributed by atoms with Crippen molar-refractivity contribution in [3.8, 4) is 0 Å². The number of nitrogens with zero attached hydrogens (tertiary/aromatic N) is 1. The van der Waals surface area contributed by atoms with Gasteiger partial charge >= 0.3 is 0 Å². The van der Waals surface area contributed by atoms with Crippen LogP contribution < -0.4 is 4.72 Å². The van der Waals surface area contributed by atoms with Crippen molar-refractivity contribution in [2.24, 2.45) is 5.92 Å². The number of hydrogen-bond acceptors (Lipinski definition) is 3. The Morgan fingerprint density at radius 1 is 1.28 bits per heavy atom. The van der Waals surface area contributed by atoms with Crippen molar-refractivity contribution < 1.29 is 8.42 Å². The fourth-order valence-corrected chi connectivity index (χ4v) is 4.11. The summed E-state index contributed by atoms with van der Waals surface area (Å²) in [4.78, 5) is 0.304. The van der Waals surface area contributed by atoms with Crippen LogP contribution in [0.25, 0.3) is 0 Å². The number of aryl methyl sites for hydroxylation is 2. The topological polar surface area (TPSA) is 74.8 Å². The molecule has 1 heterocycles. The summed E-state index contributed by atoms with van der Waals surface area (Å²) in [6.45, 7) is 3.99. The molecule has 1 fully saturated rings. The lowest BCUT2D eigenvalue weighted by Crippen LogP contribution is -2.30. The Balaban J connectivity index is 2.03. The SMILES string of the molecule is Cc1n[nH]c(C)c1S(=O)(=O)NCC1CCCCC1. The van der Waals surface area contributed by atoms with Gasteiger partial charge in [0.25, 0.3) is 0 Å². The normalized spacial score (nSPS) is 18.1. The third-order valence-corrected chi connectivity index (χ3v) is 5.30. The van der Waals surface area contributed by atoms with E-state index in [0.717, 1.165) is 12.8 Å². The molecule has 0 aliphatic heterocycles. The van der Waals surface area contributed by atoms with Crippen molar-refractivity contribution in [1.82, 2.24) is 14.9 Å². The molecule has 0 amide bonds. The summed E-state index contributed by atoms with van der Waals surface area (Å²) in [5.41, 5.74) is 1.13. The van der Waals surface area contributed by atoms with Gasteiger partial charge in [-0.3, -0.25) is 5.10 Å². The van der Waals surface area contributed by atoms with Crippen molar-refractivity contribution in [2.75, 3.05) is 6.54 Å². The zero-order valence-corrected chi connectivity index (χ0v) is 11.8. The minimum Gasteiger partial charge on any atom is -0.281 e. The molecule has 1 aliphatic rings. The second-order valence-corrected chi connectivity index (χ2v) is 6.82. The van der Waals surface area contributed by atoms with E-state index in [1.165, 1.54) is 19.3 Å². The van der Waals surface area contributed by atoms with Gasteiger partial charge in [0, 0.05) is 6.54 Å². The average Bonchev–Trinajstić information content (AvgIpc) is 2.69. The summed E-state index contributed by atoms with van der Waals surface area (Å²) in [6, 6.07) is 0. The third kappa shape index (κ3) is 2.92. The van der Waals surface area contributed by atoms with Gasteiger partial charge in [-0.15, -0.1) is 0 Å². The highest BCUT2D eigenvalue weighted by Crippen LogP contribution is 2.24. The maximum atomic E-state index is 12.2. The minimum atomic E-state index is -3.42. The summed E-state index contributed by atoms with van der Waals surface area (Å²) in [7, 11) is -3.42. The Bertz CT molecular complexity index is 482. The fraction of sp³-hybridized carbons (Fsp3) is 0.750. The number of aromatic nitrogens is 2. The van der Waals surface area contributed by atoms with Gasteiger partial charge in [-0.2, -0.15) is 5.10 Å². The largest absolute Gasteiger partial charge is 0.281 e. The van der Waals surface area contributed by atoms with Crippen molar-refractivity contribution in [3.63, 3.8) is 0 Å². The van der Waals surface area contributed by atoms with E-state index in [-0.39, 0.29) is 0 Å². The van der Waals surface area contributed by atoms with Crippen LogP contribution in [0.2, 0.25) is 0 Å². The van der Waals surface area contributed by atoms with Crippen molar-refractivity contribution >= 4 is 10.0 Å². The van der Waals surface area contributed by atoms with Gasteiger partial charge < -0.3 is 0 Å². The maximum absolute atomic E-state index is 12.2. The Hall–Kier alpha value is -0.880. The predicted octanol–water partition coefficient (Wildman–Crippen LogP) is 1.89. The Morgan fingerprint density at radius 3 is 2.50 bits per heavy atom. The van der Waals surface area contributed by atoms with E-state index in [0.29, 0.717) is 28.7 Å². The first kappa shape index (κ1) is 13.5. The second-order valence-electron chi connectivity index (χ2n) is 5.12. The summed E-state index contributed by atoms with van der Waals surface area (Å²) >= 11 is 0. The van der Waals surface area contributed by atoms with E-state index in [1.54, 1.807) is 13.8 Å². The predicted molar refractivity (Wildman–Crippen MR) is 69.8 cm³/mol. The van der Waals surface area contributed by atoms with Crippen molar-refractivity contribution in [3.05, 3.63) is 11.4 Å². The molecule has 1 aromatic rings. The van der Waals surface area contributed by atoms with Crippen LogP contribution in [0.4, 0.5) is 0 Å². The zero-order chi connectivity index (χ0) is 13.2. The highest BCUT2D eigenvalue weighted by Gasteiger charge is 2.23. The third-order valence-electron chi connectivity index (χ3n) is 3.62. The van der Waals surface area contributed by atoms with Gasteiger partial charge in [-0.05, 0) is 32.6 Å². The monoisotopic (exact) mass is 271 g/mol. The van der Waals surface area contributed by atoms with E-state index in [1.807, 2.05) is 0 Å². The van der Waals surface area contributed by atoms with Gasteiger partial charge in [-0.1, -0.05) is 19.3 Å². The van der Waals surface area contributed by atoms with Gasteiger partial charge in [0.1, 0.15) is 4.90 Å². The van der Waals surface area contributed by atoms with Crippen LogP contribution in [0.1, 0.15) is 43.5 Å². The van der Waals surface area contributed by atoms with E-state index in [9.17, 15) is 8.42 Å². The lowest BCUT2D eigenvalue weighted by molar-refractivity contribution is 0.357. The fourth-order valence-electron chi connectivity index (χ4n) is 2.63. The number of nitrogens with one attached hydrogen (secondary N) is 2. The second kappa shape index (κ2) is 5.40. The number of hydrogen-bond donors (Lipinski definition) is 2. The van der Waals surface area contributed by atoms with Gasteiger partial charge in [0.05, 0.1) is 11.4 Å². The number of sulfonamides is 1. The molecule has 2 N–H and O–H groups in total. The highest BCUT2D eigenvalue weighted by atomic mass is 32.2. The summed E-state index contributed by atoms with van der Waals surface area (Å²) in [5, 5.41) is 6.64. The quantitative estimate of drug-likeness (QED) is 0.878. The summed E-state index contributed by atoms with van der Waals surface area (Å²) < 4.78 is 27.1. The highest BCUT2D eigenvalue weighted by molar-refractivity contribution is 7.89. The molecule has 0 radical (unpaired) electrons. The molecule has 102 valence electrons. The molecule has 0 unspecified atom stereocenters. The molecule has 6 heteroatoms. The van der Waals surface area contributed by atoms with Crippen LogP contribution in [0, 0.1) is 19.8 Å². The van der Waals surface area contributed by atoms with Crippen LogP contribution in [0.3, 0.4) is 0 Å². The summed E-state index contributed by atoms with van der Waals surface area (Å²) in [5.74, 6) is 0.487. The molecular formula is C12H21N3O2S. The smallest absolute Gasteiger partial charge is 0.244 e. The lowest BCUT2D eigenvalue weighted by Gasteiger charge is -2.21. The average molecular weight is 271 g/mol. The van der Waals surface area contributed by atoms with E-state index >= 15 is 0 Å². The minimum absolute atomic E-state index is 0.304. The molecule has 0 spiro atoms. The molecule has 1 saturated carbocycles. The summed E-state index contributed by atoms with van der Waals surface area (Å²) in [6.07, 6.45) is 5.98. The molecule has 1 aromatic heterocycles. The van der Waals surface area contributed by atoms with Crippen LogP contribution in [0.15, 0.2) is 4.90 Å². The molecule has 0 bridgehead atoms. The van der Waals surface area contributed by atoms with Crippen LogP contribution in [-0.4, -0.2) is 25.2 Å². The molecule has 0 aromatic carbocycles. The molecule has 18 heavy (non-hydrogen) atoms.